The molecule has 1 aromatic heterocycles. The molecule has 17 heavy (non-hydrogen) atoms. The lowest BCUT2D eigenvalue weighted by Gasteiger charge is -2.26. The molecule has 0 fully saturated rings. The zero-order chi connectivity index (χ0) is 12.9. The van der Waals surface area contributed by atoms with Crippen LogP contribution in [0.5, 0.6) is 0 Å². The van der Waals surface area contributed by atoms with Gasteiger partial charge in [0, 0.05) is 27.0 Å². The minimum Gasteiger partial charge on any atom is -0.383 e. The number of imidazole rings is 1. The van der Waals surface area contributed by atoms with E-state index in [4.69, 9.17) is 9.47 Å². The molecule has 0 spiro atoms. The normalized spacial score (nSPS) is 11.8. The molecule has 0 saturated heterocycles. The average molecular weight is 241 g/mol. The smallest absolute Gasteiger partial charge is 0.203 e. The monoisotopic (exact) mass is 241 g/mol. The molecule has 98 valence electrons. The number of rotatable bonds is 7. The van der Waals surface area contributed by atoms with Crippen molar-refractivity contribution in [2.45, 2.75) is 32.9 Å². The van der Waals surface area contributed by atoms with E-state index >= 15 is 0 Å². The summed E-state index contributed by atoms with van der Waals surface area (Å²) in [7, 11) is 3.40. The summed E-state index contributed by atoms with van der Waals surface area (Å²) in [5.74, 6) is 0.863. The summed E-state index contributed by atoms with van der Waals surface area (Å²) < 4.78 is 12.3. The van der Waals surface area contributed by atoms with E-state index < -0.39 is 0 Å². The molecule has 0 saturated carbocycles. The van der Waals surface area contributed by atoms with E-state index in [1.165, 1.54) is 0 Å². The molecule has 1 rings (SSSR count). The largest absolute Gasteiger partial charge is 0.383 e. The molecule has 0 atom stereocenters. The zero-order valence-electron chi connectivity index (χ0n) is 11.4. The van der Waals surface area contributed by atoms with Crippen LogP contribution in [0, 0.1) is 6.92 Å². The third-order valence-corrected chi connectivity index (χ3v) is 2.39. The van der Waals surface area contributed by atoms with Crippen molar-refractivity contribution in [3.63, 3.8) is 0 Å². The summed E-state index contributed by atoms with van der Waals surface area (Å²) in [5.41, 5.74) is 0.856. The van der Waals surface area contributed by atoms with Gasteiger partial charge in [0.05, 0.1) is 24.4 Å². The van der Waals surface area contributed by atoms with Gasteiger partial charge in [0.1, 0.15) is 0 Å². The number of hydrogen-bond acceptors (Lipinski definition) is 4. The Morgan fingerprint density at radius 3 is 2.65 bits per heavy atom. The zero-order valence-corrected chi connectivity index (χ0v) is 11.4. The first kappa shape index (κ1) is 14.0. The number of nitrogens with one attached hydrogen (secondary N) is 1. The van der Waals surface area contributed by atoms with Gasteiger partial charge in [-0.05, 0) is 20.8 Å². The van der Waals surface area contributed by atoms with Crippen LogP contribution in [-0.4, -0.2) is 42.5 Å². The Kier molecular flexibility index (Phi) is 4.96. The van der Waals surface area contributed by atoms with Gasteiger partial charge >= 0.3 is 0 Å². The lowest BCUT2D eigenvalue weighted by Crippen LogP contribution is -2.37. The first-order valence-corrected chi connectivity index (χ1v) is 5.78. The van der Waals surface area contributed by atoms with Gasteiger partial charge in [0.25, 0.3) is 0 Å². The van der Waals surface area contributed by atoms with E-state index in [2.05, 4.69) is 28.7 Å². The van der Waals surface area contributed by atoms with E-state index in [9.17, 15) is 0 Å². The average Bonchev–Trinajstić information content (AvgIpc) is 2.54. The van der Waals surface area contributed by atoms with Crippen molar-refractivity contribution in [2.24, 2.45) is 0 Å². The Balaban J connectivity index is 2.75. The van der Waals surface area contributed by atoms with Crippen LogP contribution in [0.4, 0.5) is 5.95 Å². The second kappa shape index (κ2) is 6.02. The molecule has 0 aliphatic carbocycles. The highest BCUT2D eigenvalue weighted by atomic mass is 16.5. The summed E-state index contributed by atoms with van der Waals surface area (Å²) in [6.45, 7) is 8.25. The predicted molar refractivity (Wildman–Crippen MR) is 68.4 cm³/mol. The molecule has 0 amide bonds. The molecule has 0 radical (unpaired) electrons. The van der Waals surface area contributed by atoms with Crippen molar-refractivity contribution >= 4 is 5.95 Å². The molecule has 0 bridgehead atoms. The first-order valence-electron chi connectivity index (χ1n) is 5.78. The molecule has 0 unspecified atom stereocenters. The van der Waals surface area contributed by atoms with Crippen molar-refractivity contribution in [1.82, 2.24) is 9.55 Å². The quantitative estimate of drug-likeness (QED) is 0.789. The maximum Gasteiger partial charge on any atom is 0.203 e. The number of aromatic nitrogens is 2. The SMILES string of the molecule is COCCn1cc(C)nc1NC(C)(C)COC. The van der Waals surface area contributed by atoms with Crippen molar-refractivity contribution in [3.8, 4) is 0 Å². The number of ether oxygens (including phenoxy) is 2. The first-order chi connectivity index (χ1) is 7.98. The fourth-order valence-corrected chi connectivity index (χ4v) is 1.71. The Bertz CT molecular complexity index is 348. The molecule has 0 aliphatic rings. The highest BCUT2D eigenvalue weighted by Crippen LogP contribution is 2.15. The van der Waals surface area contributed by atoms with Crippen LogP contribution in [0.3, 0.4) is 0 Å². The van der Waals surface area contributed by atoms with Crippen molar-refractivity contribution < 1.29 is 9.47 Å². The Morgan fingerprint density at radius 1 is 1.35 bits per heavy atom. The predicted octanol–water partition coefficient (Wildman–Crippen LogP) is 1.67. The van der Waals surface area contributed by atoms with Crippen LogP contribution in [-0.2, 0) is 16.0 Å². The molecule has 5 nitrogen and oxygen atoms in total. The third kappa shape index (κ3) is 4.36. The summed E-state index contributed by atoms with van der Waals surface area (Å²) in [5, 5.41) is 3.39. The van der Waals surface area contributed by atoms with Crippen molar-refractivity contribution in [3.05, 3.63) is 11.9 Å². The Morgan fingerprint density at radius 2 is 2.06 bits per heavy atom. The van der Waals surface area contributed by atoms with Gasteiger partial charge in [-0.25, -0.2) is 4.98 Å². The summed E-state index contributed by atoms with van der Waals surface area (Å²) in [4.78, 5) is 4.47. The van der Waals surface area contributed by atoms with Crippen LogP contribution >= 0.6 is 0 Å². The second-order valence-corrected chi connectivity index (χ2v) is 4.83. The standard InChI is InChI=1S/C12H23N3O2/c1-10-8-15(6-7-16-4)11(13-10)14-12(2,3)9-17-5/h8H,6-7,9H2,1-5H3,(H,13,14). The van der Waals surface area contributed by atoms with E-state index in [1.54, 1.807) is 14.2 Å². The summed E-state index contributed by atoms with van der Waals surface area (Å²) in [6.07, 6.45) is 2.02. The van der Waals surface area contributed by atoms with E-state index in [1.807, 2.05) is 13.1 Å². The minimum absolute atomic E-state index is 0.142. The molecular formula is C12H23N3O2. The lowest BCUT2D eigenvalue weighted by molar-refractivity contribution is 0.157. The third-order valence-electron chi connectivity index (χ3n) is 2.39. The van der Waals surface area contributed by atoms with Gasteiger partial charge in [-0.3, -0.25) is 0 Å². The lowest BCUT2D eigenvalue weighted by atomic mass is 10.1. The molecule has 1 heterocycles. The summed E-state index contributed by atoms with van der Waals surface area (Å²) in [6, 6.07) is 0. The maximum atomic E-state index is 5.18. The molecule has 0 aliphatic heterocycles. The topological polar surface area (TPSA) is 48.3 Å². The maximum absolute atomic E-state index is 5.18. The fraction of sp³-hybridized carbons (Fsp3) is 0.750. The number of methoxy groups -OCH3 is 2. The molecule has 5 heteroatoms. The van der Waals surface area contributed by atoms with Gasteiger partial charge in [-0.2, -0.15) is 0 Å². The van der Waals surface area contributed by atoms with E-state index in [0.717, 1.165) is 18.2 Å². The van der Waals surface area contributed by atoms with Crippen LogP contribution in [0.25, 0.3) is 0 Å². The van der Waals surface area contributed by atoms with Gasteiger partial charge in [-0.1, -0.05) is 0 Å². The van der Waals surface area contributed by atoms with E-state index in [-0.39, 0.29) is 5.54 Å². The minimum atomic E-state index is -0.142. The number of aryl methyl sites for hydroxylation is 1. The van der Waals surface area contributed by atoms with Crippen LogP contribution < -0.4 is 5.32 Å². The highest BCUT2D eigenvalue weighted by molar-refractivity contribution is 5.32. The Labute approximate surface area is 103 Å². The van der Waals surface area contributed by atoms with Gasteiger partial charge in [0.15, 0.2) is 0 Å². The van der Waals surface area contributed by atoms with Gasteiger partial charge < -0.3 is 19.4 Å². The van der Waals surface area contributed by atoms with Crippen LogP contribution in [0.2, 0.25) is 0 Å². The number of anilines is 1. The van der Waals surface area contributed by atoms with Crippen LogP contribution in [0.1, 0.15) is 19.5 Å². The second-order valence-electron chi connectivity index (χ2n) is 4.83. The molecule has 1 N–H and O–H groups in total. The molecular weight excluding hydrogens is 218 g/mol. The summed E-state index contributed by atoms with van der Waals surface area (Å²) >= 11 is 0. The van der Waals surface area contributed by atoms with Crippen molar-refractivity contribution in [2.75, 3.05) is 32.8 Å². The number of nitrogens with zero attached hydrogens (tertiary/aromatic N) is 2. The molecule has 1 aromatic rings. The van der Waals surface area contributed by atoms with E-state index in [0.29, 0.717) is 13.2 Å². The van der Waals surface area contributed by atoms with Gasteiger partial charge in [-0.15, -0.1) is 0 Å². The van der Waals surface area contributed by atoms with Gasteiger partial charge in [0.2, 0.25) is 5.95 Å². The number of hydrogen-bond donors (Lipinski definition) is 1. The highest BCUT2D eigenvalue weighted by Gasteiger charge is 2.19. The van der Waals surface area contributed by atoms with Crippen molar-refractivity contribution in [1.29, 1.82) is 0 Å². The fourth-order valence-electron chi connectivity index (χ4n) is 1.71. The molecule has 0 aromatic carbocycles. The van der Waals surface area contributed by atoms with Crippen LogP contribution in [0.15, 0.2) is 6.20 Å². The Hall–Kier alpha value is -1.07.